The fraction of sp³-hybridized carbons (Fsp3) is 0.130. The van der Waals surface area contributed by atoms with Gasteiger partial charge in [-0.1, -0.05) is 41.8 Å². The van der Waals surface area contributed by atoms with E-state index in [9.17, 15) is 14.7 Å². The van der Waals surface area contributed by atoms with Crippen molar-refractivity contribution in [1.29, 1.82) is 0 Å². The molecule has 150 valence electrons. The molecule has 30 heavy (non-hydrogen) atoms. The molecule has 0 radical (unpaired) electrons. The zero-order valence-electron chi connectivity index (χ0n) is 15.6. The number of fused-ring (bicyclic) bond motifs is 1. The van der Waals surface area contributed by atoms with Crippen LogP contribution in [0.5, 0.6) is 5.75 Å². The third-order valence-corrected chi connectivity index (χ3v) is 6.36. The van der Waals surface area contributed by atoms with Crippen LogP contribution >= 0.6 is 22.9 Å². The SMILES string of the molecule is C#CCOc1cccc([C@H]2CC(=O)Nc3c2sc(C(=O)O)c3-c2ccc(Cl)cc2)c1. The van der Waals surface area contributed by atoms with Gasteiger partial charge >= 0.3 is 5.97 Å². The predicted molar refractivity (Wildman–Crippen MR) is 118 cm³/mol. The minimum atomic E-state index is -1.04. The number of hydrogen-bond acceptors (Lipinski definition) is 4. The molecule has 0 fully saturated rings. The molecule has 0 aliphatic carbocycles. The highest BCUT2D eigenvalue weighted by Crippen LogP contribution is 2.49. The monoisotopic (exact) mass is 437 g/mol. The summed E-state index contributed by atoms with van der Waals surface area (Å²) < 4.78 is 5.51. The maximum Gasteiger partial charge on any atom is 0.346 e. The molecule has 2 aromatic carbocycles. The Balaban J connectivity index is 1.85. The Morgan fingerprint density at radius 1 is 1.30 bits per heavy atom. The van der Waals surface area contributed by atoms with Crippen LogP contribution in [0.3, 0.4) is 0 Å². The summed E-state index contributed by atoms with van der Waals surface area (Å²) in [5.74, 6) is 1.53. The maximum absolute atomic E-state index is 12.6. The van der Waals surface area contributed by atoms with Crippen molar-refractivity contribution < 1.29 is 19.4 Å². The van der Waals surface area contributed by atoms with Crippen molar-refractivity contribution in [3.05, 3.63) is 68.9 Å². The molecular formula is C23H16ClNO4S. The van der Waals surface area contributed by atoms with Gasteiger partial charge in [0.05, 0.1) is 5.69 Å². The Labute approximate surface area is 182 Å². The van der Waals surface area contributed by atoms with Gasteiger partial charge in [0.1, 0.15) is 17.2 Å². The number of rotatable bonds is 5. The Hall–Kier alpha value is -3.27. The number of carboxylic acids is 1. The van der Waals surface area contributed by atoms with Gasteiger partial charge in [0.25, 0.3) is 0 Å². The predicted octanol–water partition coefficient (Wildman–Crippen LogP) is 5.25. The molecule has 0 spiro atoms. The van der Waals surface area contributed by atoms with Gasteiger partial charge in [-0.3, -0.25) is 4.79 Å². The first kappa shape index (κ1) is 20.0. The molecule has 2 N–H and O–H groups in total. The highest BCUT2D eigenvalue weighted by molar-refractivity contribution is 7.15. The van der Waals surface area contributed by atoms with Crippen LogP contribution in [0.15, 0.2) is 48.5 Å². The van der Waals surface area contributed by atoms with Crippen LogP contribution in [0.4, 0.5) is 5.69 Å². The molecule has 1 atom stereocenters. The molecule has 1 aromatic heterocycles. The van der Waals surface area contributed by atoms with Crippen molar-refractivity contribution in [3.63, 3.8) is 0 Å². The van der Waals surface area contributed by atoms with Gasteiger partial charge < -0.3 is 15.2 Å². The third kappa shape index (κ3) is 3.78. The molecule has 4 rings (SSSR count). The number of carbonyl (C=O) groups excluding carboxylic acids is 1. The molecule has 5 nitrogen and oxygen atoms in total. The molecule has 0 bridgehead atoms. The van der Waals surface area contributed by atoms with Crippen molar-refractivity contribution in [2.45, 2.75) is 12.3 Å². The Kier molecular flexibility index (Phi) is 5.49. The molecular weight excluding hydrogens is 422 g/mol. The molecule has 0 unspecified atom stereocenters. The molecule has 1 aliphatic heterocycles. The Morgan fingerprint density at radius 2 is 2.07 bits per heavy atom. The minimum absolute atomic E-state index is 0.142. The molecule has 2 heterocycles. The smallest absolute Gasteiger partial charge is 0.346 e. The lowest BCUT2D eigenvalue weighted by atomic mass is 9.88. The third-order valence-electron chi connectivity index (χ3n) is 4.82. The van der Waals surface area contributed by atoms with E-state index >= 15 is 0 Å². The number of hydrogen-bond donors (Lipinski definition) is 2. The highest BCUT2D eigenvalue weighted by atomic mass is 35.5. The summed E-state index contributed by atoms with van der Waals surface area (Å²) in [6, 6.07) is 14.3. The summed E-state index contributed by atoms with van der Waals surface area (Å²) in [4.78, 5) is 25.5. The number of ether oxygens (including phenoxy) is 1. The van der Waals surface area contributed by atoms with Crippen LogP contribution < -0.4 is 10.1 Å². The number of terminal acetylenes is 1. The Bertz CT molecular complexity index is 1180. The van der Waals surface area contributed by atoms with E-state index in [4.69, 9.17) is 22.8 Å². The van der Waals surface area contributed by atoms with E-state index in [2.05, 4.69) is 11.2 Å². The van der Waals surface area contributed by atoms with Crippen LogP contribution in [-0.4, -0.2) is 23.6 Å². The summed E-state index contributed by atoms with van der Waals surface area (Å²) in [5, 5.41) is 13.3. The van der Waals surface area contributed by atoms with E-state index in [1.165, 1.54) is 11.3 Å². The van der Waals surface area contributed by atoms with Gasteiger partial charge in [-0.05, 0) is 35.4 Å². The number of benzene rings is 2. The number of carbonyl (C=O) groups is 2. The quantitative estimate of drug-likeness (QED) is 0.534. The van der Waals surface area contributed by atoms with Gasteiger partial charge in [-0.2, -0.15) is 0 Å². The fourth-order valence-corrected chi connectivity index (χ4v) is 4.92. The summed E-state index contributed by atoms with van der Waals surface area (Å²) in [6.07, 6.45) is 5.47. The highest BCUT2D eigenvalue weighted by Gasteiger charge is 2.34. The average Bonchev–Trinajstić information content (AvgIpc) is 3.12. The second-order valence-electron chi connectivity index (χ2n) is 6.73. The largest absolute Gasteiger partial charge is 0.481 e. The van der Waals surface area contributed by atoms with Crippen LogP contribution in [0.2, 0.25) is 5.02 Å². The number of carboxylic acid groups (broad SMARTS) is 1. The van der Waals surface area contributed by atoms with Gasteiger partial charge in [0.2, 0.25) is 5.91 Å². The molecule has 1 aliphatic rings. The normalized spacial score (nSPS) is 15.1. The number of thiophene rings is 1. The lowest BCUT2D eigenvalue weighted by Gasteiger charge is -2.24. The number of anilines is 1. The number of nitrogens with one attached hydrogen (secondary N) is 1. The topological polar surface area (TPSA) is 75.6 Å². The zero-order valence-corrected chi connectivity index (χ0v) is 17.2. The lowest BCUT2D eigenvalue weighted by molar-refractivity contribution is -0.116. The number of halogens is 1. The second kappa shape index (κ2) is 8.23. The van der Waals surface area contributed by atoms with Crippen molar-refractivity contribution >= 4 is 40.5 Å². The van der Waals surface area contributed by atoms with Crippen molar-refractivity contribution in [1.82, 2.24) is 0 Å². The first-order chi connectivity index (χ1) is 14.5. The van der Waals surface area contributed by atoms with Crippen LogP contribution in [0.1, 0.15) is 32.5 Å². The van der Waals surface area contributed by atoms with E-state index in [0.717, 1.165) is 10.4 Å². The summed E-state index contributed by atoms with van der Waals surface area (Å²) >= 11 is 7.17. The van der Waals surface area contributed by atoms with Crippen molar-refractivity contribution in [3.8, 4) is 29.2 Å². The van der Waals surface area contributed by atoms with Gasteiger partial charge in [0, 0.05) is 27.8 Å². The fourth-order valence-electron chi connectivity index (χ4n) is 3.54. The number of amides is 1. The van der Waals surface area contributed by atoms with E-state index in [1.807, 2.05) is 18.2 Å². The van der Waals surface area contributed by atoms with E-state index < -0.39 is 5.97 Å². The minimum Gasteiger partial charge on any atom is -0.481 e. The van der Waals surface area contributed by atoms with Crippen molar-refractivity contribution in [2.75, 3.05) is 11.9 Å². The maximum atomic E-state index is 12.6. The molecule has 7 heteroatoms. The van der Waals surface area contributed by atoms with Crippen LogP contribution in [-0.2, 0) is 4.79 Å². The van der Waals surface area contributed by atoms with Gasteiger partial charge in [-0.25, -0.2) is 4.79 Å². The average molecular weight is 438 g/mol. The Morgan fingerprint density at radius 3 is 2.77 bits per heavy atom. The lowest BCUT2D eigenvalue weighted by Crippen LogP contribution is -2.22. The summed E-state index contributed by atoms with van der Waals surface area (Å²) in [5.41, 5.74) is 2.58. The first-order valence-electron chi connectivity index (χ1n) is 9.10. The molecule has 1 amide bonds. The summed E-state index contributed by atoms with van der Waals surface area (Å²) in [6.45, 7) is 0.142. The van der Waals surface area contributed by atoms with Crippen LogP contribution in [0, 0.1) is 12.3 Å². The molecule has 0 saturated carbocycles. The van der Waals surface area contributed by atoms with E-state index in [1.54, 1.807) is 30.3 Å². The van der Waals surface area contributed by atoms with E-state index in [-0.39, 0.29) is 29.7 Å². The van der Waals surface area contributed by atoms with Crippen LogP contribution in [0.25, 0.3) is 11.1 Å². The first-order valence-corrected chi connectivity index (χ1v) is 10.3. The summed E-state index contributed by atoms with van der Waals surface area (Å²) in [7, 11) is 0. The van der Waals surface area contributed by atoms with Crippen molar-refractivity contribution in [2.24, 2.45) is 0 Å². The second-order valence-corrected chi connectivity index (χ2v) is 8.22. The molecule has 0 saturated heterocycles. The molecule has 3 aromatic rings. The number of aromatic carboxylic acids is 1. The standard InChI is InChI=1S/C23H16ClNO4S/c1-2-10-29-16-5-3-4-14(11-16)17-12-18(26)25-20-19(13-6-8-15(24)9-7-13)22(23(27)28)30-21(17)20/h1,3-9,11,17H,10,12H2,(H,25,26)(H,27,28)/t17-/m1/s1. The van der Waals surface area contributed by atoms with Gasteiger partial charge in [0.15, 0.2) is 0 Å². The van der Waals surface area contributed by atoms with E-state index in [0.29, 0.717) is 27.6 Å². The van der Waals surface area contributed by atoms with Gasteiger partial charge in [-0.15, -0.1) is 17.8 Å². The zero-order chi connectivity index (χ0) is 21.3.